The van der Waals surface area contributed by atoms with Crippen LogP contribution in [0.1, 0.15) is 18.1 Å². The van der Waals surface area contributed by atoms with Crippen LogP contribution in [0.2, 0.25) is 0 Å². The first-order chi connectivity index (χ1) is 22.9. The second kappa shape index (κ2) is 14.4. The molecule has 48 heavy (non-hydrogen) atoms. The number of benzene rings is 3. The van der Waals surface area contributed by atoms with Crippen LogP contribution in [0.4, 0.5) is 5.69 Å². The summed E-state index contributed by atoms with van der Waals surface area (Å²) in [6, 6.07) is 17.5. The van der Waals surface area contributed by atoms with Gasteiger partial charge in [-0.15, -0.1) is 10.2 Å². The maximum absolute atomic E-state index is 14.4. The normalized spacial score (nSPS) is 12.5. The van der Waals surface area contributed by atoms with Gasteiger partial charge in [0.05, 0.1) is 32.0 Å². The molecule has 0 fully saturated rings. The molecule has 0 saturated heterocycles. The number of hydrogen-bond donors (Lipinski definition) is 4. The number of nitrogens with two attached hydrogens (primary N) is 2. The summed E-state index contributed by atoms with van der Waals surface area (Å²) in [5.41, 5.74) is 14.0. The molecule has 1 atom stereocenters. The van der Waals surface area contributed by atoms with E-state index in [4.69, 9.17) is 20.9 Å². The van der Waals surface area contributed by atoms with Crippen LogP contribution in [0, 0.1) is 0 Å². The molecule has 15 nitrogen and oxygen atoms in total. The summed E-state index contributed by atoms with van der Waals surface area (Å²) in [5, 5.41) is 12.9. The van der Waals surface area contributed by atoms with E-state index in [0.717, 1.165) is 5.56 Å². The number of sulfonamides is 2. The number of nitrogens with one attached hydrogen (secondary N) is 2. The molecule has 0 aliphatic rings. The number of nitrogens with zero attached hydrogens (tertiary/aromatic N) is 5. The number of anilines is 1. The highest BCUT2D eigenvalue weighted by Crippen LogP contribution is 2.39. The van der Waals surface area contributed by atoms with Gasteiger partial charge in [-0.05, 0) is 65.2 Å². The van der Waals surface area contributed by atoms with Crippen LogP contribution in [-0.2, 0) is 33.1 Å². The van der Waals surface area contributed by atoms with Crippen molar-refractivity contribution >= 4 is 25.7 Å². The highest BCUT2D eigenvalue weighted by molar-refractivity contribution is 7.92. The Balaban J connectivity index is 1.71. The molecule has 5 rings (SSSR count). The molecule has 2 aromatic heterocycles. The molecule has 252 valence electrons. The Bertz CT molecular complexity index is 2110. The van der Waals surface area contributed by atoms with Gasteiger partial charge in [0, 0.05) is 37.1 Å². The van der Waals surface area contributed by atoms with Gasteiger partial charge in [0.25, 0.3) is 0 Å². The lowest BCUT2D eigenvalue weighted by atomic mass is 10.00. The molecule has 0 radical (unpaired) electrons. The van der Waals surface area contributed by atoms with Gasteiger partial charge in [-0.1, -0.05) is 30.3 Å². The van der Waals surface area contributed by atoms with E-state index in [2.05, 4.69) is 29.8 Å². The molecule has 0 aliphatic heterocycles. The maximum Gasteiger partial charge on any atom is 0.242 e. The van der Waals surface area contributed by atoms with E-state index < -0.39 is 35.9 Å². The zero-order valence-corrected chi connectivity index (χ0v) is 28.0. The third-order valence-electron chi connectivity index (χ3n) is 7.24. The van der Waals surface area contributed by atoms with E-state index in [1.807, 2.05) is 12.1 Å². The van der Waals surface area contributed by atoms with Crippen molar-refractivity contribution in [2.75, 3.05) is 26.5 Å². The van der Waals surface area contributed by atoms with Gasteiger partial charge in [0.1, 0.15) is 21.3 Å². The van der Waals surface area contributed by atoms with Crippen LogP contribution in [0.5, 0.6) is 11.5 Å². The number of hydrogen-bond acceptors (Lipinski definition) is 12. The molecule has 1 unspecified atom stereocenters. The number of tetrazole rings is 1. The smallest absolute Gasteiger partial charge is 0.242 e. The number of nitrogen functional groups attached to an aromatic ring is 1. The van der Waals surface area contributed by atoms with Crippen molar-refractivity contribution in [3.63, 3.8) is 0 Å². The Morgan fingerprint density at radius 3 is 2.12 bits per heavy atom. The summed E-state index contributed by atoms with van der Waals surface area (Å²) in [5.74, 6) is 1.11. The van der Waals surface area contributed by atoms with E-state index >= 15 is 0 Å². The largest absolute Gasteiger partial charge is 0.497 e. The van der Waals surface area contributed by atoms with Gasteiger partial charge in [-0.2, -0.15) is 4.80 Å². The number of pyridine rings is 1. The summed E-state index contributed by atoms with van der Waals surface area (Å²) in [6.07, 6.45) is 2.90. The fourth-order valence-corrected chi connectivity index (χ4v) is 8.09. The molecule has 0 saturated carbocycles. The van der Waals surface area contributed by atoms with Gasteiger partial charge in [0.2, 0.25) is 25.9 Å². The predicted octanol–water partition coefficient (Wildman–Crippen LogP) is 2.15. The first kappa shape index (κ1) is 34.4. The molecule has 6 N–H and O–H groups in total. The minimum atomic E-state index is -4.62. The van der Waals surface area contributed by atoms with Gasteiger partial charge >= 0.3 is 0 Å². The second-order valence-electron chi connectivity index (χ2n) is 10.7. The lowest BCUT2D eigenvalue weighted by Gasteiger charge is -2.20. The van der Waals surface area contributed by atoms with Crippen molar-refractivity contribution in [1.82, 2.24) is 34.6 Å². The molecule has 17 heteroatoms. The van der Waals surface area contributed by atoms with Crippen molar-refractivity contribution in [3.8, 4) is 34.0 Å². The van der Waals surface area contributed by atoms with Crippen LogP contribution < -0.4 is 30.4 Å². The lowest BCUT2D eigenvalue weighted by molar-refractivity contribution is 0.414. The minimum Gasteiger partial charge on any atom is -0.497 e. The maximum atomic E-state index is 14.4. The average Bonchev–Trinajstić information content (AvgIpc) is 3.55. The number of aromatic nitrogens is 5. The van der Waals surface area contributed by atoms with Crippen molar-refractivity contribution in [1.29, 1.82) is 0 Å². The monoisotopic (exact) mass is 693 g/mol. The third kappa shape index (κ3) is 7.77. The van der Waals surface area contributed by atoms with E-state index in [1.54, 1.807) is 56.5 Å². The number of methoxy groups -OCH3 is 2. The molecule has 0 amide bonds. The molecule has 0 bridgehead atoms. The topological polar surface area (TPSA) is 219 Å². The standard InChI is InChI=1S/C31H35N9O6S2/c1-20(15-32)38-47(41,42)28-13-12-27(23-14-24(33)18-34-17-23)29(30(28)48(43,44)35-16-21-4-8-25(45-2)9-5-21)31-36-39-40(37-31)19-22-6-10-26(46-3)11-7-22/h4-14,17-18,20,35,38H,15-16,19,32-33H2,1-3H3. The molecule has 2 heterocycles. The highest BCUT2D eigenvalue weighted by Gasteiger charge is 2.34. The Labute approximate surface area is 278 Å². The van der Waals surface area contributed by atoms with Gasteiger partial charge in [0.15, 0.2) is 0 Å². The highest BCUT2D eigenvalue weighted by atomic mass is 32.2. The zero-order valence-electron chi connectivity index (χ0n) is 26.4. The van der Waals surface area contributed by atoms with Crippen molar-refractivity contribution in [3.05, 3.63) is 90.3 Å². The van der Waals surface area contributed by atoms with Crippen molar-refractivity contribution in [2.45, 2.75) is 35.8 Å². The van der Waals surface area contributed by atoms with Gasteiger partial charge in [-0.3, -0.25) is 4.98 Å². The predicted molar refractivity (Wildman–Crippen MR) is 179 cm³/mol. The molecule has 0 aliphatic carbocycles. The third-order valence-corrected chi connectivity index (χ3v) is 10.5. The molecule has 5 aromatic rings. The number of ether oxygens (including phenoxy) is 2. The van der Waals surface area contributed by atoms with Crippen molar-refractivity contribution in [2.24, 2.45) is 5.73 Å². The van der Waals surface area contributed by atoms with E-state index in [0.29, 0.717) is 28.3 Å². The first-order valence-electron chi connectivity index (χ1n) is 14.6. The molecule has 3 aromatic carbocycles. The van der Waals surface area contributed by atoms with Crippen molar-refractivity contribution < 1.29 is 26.3 Å². The van der Waals surface area contributed by atoms with E-state index in [9.17, 15) is 16.8 Å². The SMILES string of the molecule is COc1ccc(CNS(=O)(=O)c2c(S(=O)(=O)NC(C)CN)ccc(-c3cncc(N)c3)c2-c2nnn(Cc3ccc(OC)cc3)n2)cc1. The van der Waals surface area contributed by atoms with Gasteiger partial charge < -0.3 is 20.9 Å². The van der Waals surface area contributed by atoms with Crippen LogP contribution in [0.3, 0.4) is 0 Å². The quantitative estimate of drug-likeness (QED) is 0.132. The molecular weight excluding hydrogens is 659 g/mol. The summed E-state index contributed by atoms with van der Waals surface area (Å²) >= 11 is 0. The van der Waals surface area contributed by atoms with Crippen LogP contribution in [0.15, 0.2) is 88.9 Å². The van der Waals surface area contributed by atoms with Crippen LogP contribution in [-0.4, -0.2) is 68.8 Å². The first-order valence-corrected chi connectivity index (χ1v) is 17.5. The van der Waals surface area contributed by atoms with Crippen LogP contribution >= 0.6 is 0 Å². The summed E-state index contributed by atoms with van der Waals surface area (Å²) in [7, 11) is -6.01. The Kier molecular flexibility index (Phi) is 10.4. The molecule has 0 spiro atoms. The van der Waals surface area contributed by atoms with Crippen LogP contribution in [0.25, 0.3) is 22.5 Å². The van der Waals surface area contributed by atoms with Gasteiger partial charge in [-0.25, -0.2) is 26.3 Å². The summed E-state index contributed by atoms with van der Waals surface area (Å²) < 4.78 is 71.8. The summed E-state index contributed by atoms with van der Waals surface area (Å²) in [6.45, 7) is 1.54. The Hall–Kier alpha value is -4.94. The zero-order chi connectivity index (χ0) is 34.5. The second-order valence-corrected chi connectivity index (χ2v) is 14.1. The summed E-state index contributed by atoms with van der Waals surface area (Å²) in [4.78, 5) is 4.31. The lowest BCUT2D eigenvalue weighted by Crippen LogP contribution is -2.38. The fraction of sp³-hybridized carbons (Fsp3) is 0.226. The average molecular weight is 694 g/mol. The fourth-order valence-electron chi connectivity index (χ4n) is 4.78. The Morgan fingerprint density at radius 2 is 1.52 bits per heavy atom. The van der Waals surface area contributed by atoms with E-state index in [1.165, 1.54) is 36.4 Å². The van der Waals surface area contributed by atoms with E-state index in [-0.39, 0.29) is 36.6 Å². The Morgan fingerprint density at radius 1 is 0.875 bits per heavy atom. The molecular formula is C31H35N9O6S2. The number of rotatable bonds is 14. The minimum absolute atomic E-state index is 0.0296.